The molecule has 1 aliphatic heterocycles. The number of aryl methyl sites for hydroxylation is 1. The van der Waals surface area contributed by atoms with Gasteiger partial charge in [0.05, 0.1) is 15.5 Å². The summed E-state index contributed by atoms with van der Waals surface area (Å²) in [6.45, 7) is 1.99. The summed E-state index contributed by atoms with van der Waals surface area (Å²) in [6, 6.07) is 15.4. The van der Waals surface area contributed by atoms with Crippen LogP contribution >= 0.6 is 23.4 Å². The van der Waals surface area contributed by atoms with Crippen molar-refractivity contribution in [3.05, 3.63) is 86.0 Å². The highest BCUT2D eigenvalue weighted by molar-refractivity contribution is 8.18. The Balaban J connectivity index is 1.56. The number of carbonyl (C=O) groups is 1. The van der Waals surface area contributed by atoms with Crippen LogP contribution in [0.25, 0.3) is 17.4 Å². The van der Waals surface area contributed by atoms with E-state index >= 15 is 0 Å². The molecule has 0 saturated carbocycles. The number of nitrogens with one attached hydrogen (secondary N) is 1. The van der Waals surface area contributed by atoms with Crippen molar-refractivity contribution < 1.29 is 14.1 Å². The van der Waals surface area contributed by atoms with Crippen LogP contribution in [0.4, 0.5) is 11.4 Å². The second-order valence-corrected chi connectivity index (χ2v) is 7.88. The number of rotatable bonds is 4. The fourth-order valence-corrected chi connectivity index (χ4v) is 3.75. The van der Waals surface area contributed by atoms with E-state index in [9.17, 15) is 14.9 Å². The molecule has 2 aromatic carbocycles. The molecule has 1 amide bonds. The number of hydrogen-bond acceptors (Lipinski definition) is 6. The first-order valence-corrected chi connectivity index (χ1v) is 9.99. The zero-order valence-electron chi connectivity index (χ0n) is 15.6. The topological polar surface area (TPSA) is 97.7 Å². The van der Waals surface area contributed by atoms with E-state index in [-0.39, 0.29) is 16.6 Å². The molecule has 2 heterocycles. The minimum absolute atomic E-state index is 0.0528. The highest BCUT2D eigenvalue weighted by atomic mass is 35.5. The minimum atomic E-state index is -0.550. The number of halogens is 1. The monoisotopic (exact) mass is 439 g/mol. The van der Waals surface area contributed by atoms with Crippen LogP contribution in [0.1, 0.15) is 11.3 Å². The van der Waals surface area contributed by atoms with E-state index in [4.69, 9.17) is 16.0 Å². The lowest BCUT2D eigenvalue weighted by Crippen LogP contribution is -2.19. The lowest BCUT2D eigenvalue weighted by atomic mass is 10.1. The largest absolute Gasteiger partial charge is 0.457 e. The third-order valence-corrected chi connectivity index (χ3v) is 5.47. The van der Waals surface area contributed by atoms with Gasteiger partial charge in [-0.2, -0.15) is 0 Å². The minimum Gasteiger partial charge on any atom is -0.457 e. The van der Waals surface area contributed by atoms with E-state index in [1.54, 1.807) is 24.3 Å². The van der Waals surface area contributed by atoms with Crippen LogP contribution < -0.4 is 5.32 Å². The number of carbonyl (C=O) groups excluding carboxylic acids is 1. The molecular formula is C21H14ClN3O4S. The number of amides is 1. The van der Waals surface area contributed by atoms with Gasteiger partial charge in [0.15, 0.2) is 5.17 Å². The Hall–Kier alpha value is -3.36. The average Bonchev–Trinajstić information content (AvgIpc) is 3.31. The van der Waals surface area contributed by atoms with Gasteiger partial charge < -0.3 is 9.73 Å². The highest BCUT2D eigenvalue weighted by Gasteiger charge is 2.24. The Morgan fingerprint density at radius 3 is 2.67 bits per heavy atom. The normalized spacial score (nSPS) is 16.3. The van der Waals surface area contributed by atoms with Gasteiger partial charge >= 0.3 is 0 Å². The molecule has 1 fully saturated rings. The molecule has 0 atom stereocenters. The van der Waals surface area contributed by atoms with Crippen LogP contribution in [0.3, 0.4) is 0 Å². The fourth-order valence-electron chi connectivity index (χ4n) is 2.74. The molecule has 1 aromatic heterocycles. The molecule has 9 heteroatoms. The smallest absolute Gasteiger partial charge is 0.288 e. The van der Waals surface area contributed by atoms with Crippen molar-refractivity contribution in [1.29, 1.82) is 0 Å². The third kappa shape index (κ3) is 4.29. The molecule has 0 spiro atoms. The van der Waals surface area contributed by atoms with Crippen LogP contribution in [-0.4, -0.2) is 16.0 Å². The van der Waals surface area contributed by atoms with Crippen molar-refractivity contribution in [2.45, 2.75) is 6.92 Å². The van der Waals surface area contributed by atoms with Gasteiger partial charge in [0.25, 0.3) is 11.6 Å². The zero-order valence-corrected chi connectivity index (χ0v) is 17.2. The van der Waals surface area contributed by atoms with Gasteiger partial charge in [-0.25, -0.2) is 4.99 Å². The van der Waals surface area contributed by atoms with Crippen LogP contribution in [-0.2, 0) is 4.79 Å². The van der Waals surface area contributed by atoms with Gasteiger partial charge in [-0.15, -0.1) is 0 Å². The van der Waals surface area contributed by atoms with E-state index in [2.05, 4.69) is 10.3 Å². The molecule has 4 rings (SSSR count). The molecule has 150 valence electrons. The quantitative estimate of drug-likeness (QED) is 0.319. The number of nitro benzene ring substituents is 1. The summed E-state index contributed by atoms with van der Waals surface area (Å²) >= 11 is 7.06. The Kier molecular flexibility index (Phi) is 5.43. The van der Waals surface area contributed by atoms with Crippen LogP contribution in [0.2, 0.25) is 5.02 Å². The standard InChI is InChI=1S/C21H14ClN3O4S/c1-12-2-5-14(6-3-12)23-21-24-20(26)19(30-21)11-15-7-9-18(29-15)13-4-8-16(22)17(10-13)25(27)28/h2-11H,1H3,(H,23,24,26)/b19-11+. The van der Waals surface area contributed by atoms with Gasteiger partial charge in [-0.05, 0) is 55.1 Å². The molecule has 30 heavy (non-hydrogen) atoms. The molecule has 7 nitrogen and oxygen atoms in total. The Morgan fingerprint density at radius 1 is 1.17 bits per heavy atom. The van der Waals surface area contributed by atoms with Gasteiger partial charge in [-0.3, -0.25) is 14.9 Å². The molecular weight excluding hydrogens is 426 g/mol. The Labute approximate surface area is 180 Å². The molecule has 1 aliphatic rings. The summed E-state index contributed by atoms with van der Waals surface area (Å²) in [6.07, 6.45) is 1.60. The summed E-state index contributed by atoms with van der Waals surface area (Å²) in [5.41, 5.74) is 2.19. The first kappa shape index (κ1) is 19.9. The fraction of sp³-hybridized carbons (Fsp3) is 0.0476. The number of benzene rings is 2. The van der Waals surface area contributed by atoms with Crippen molar-refractivity contribution in [3.8, 4) is 11.3 Å². The van der Waals surface area contributed by atoms with Crippen molar-refractivity contribution >= 4 is 51.9 Å². The van der Waals surface area contributed by atoms with E-state index in [1.807, 2.05) is 31.2 Å². The maximum Gasteiger partial charge on any atom is 0.288 e. The molecule has 0 bridgehead atoms. The lowest BCUT2D eigenvalue weighted by molar-refractivity contribution is -0.384. The van der Waals surface area contributed by atoms with E-state index in [0.717, 1.165) is 11.3 Å². The predicted octanol–water partition coefficient (Wildman–Crippen LogP) is 5.71. The molecule has 3 aromatic rings. The van der Waals surface area contributed by atoms with Gasteiger partial charge in [-0.1, -0.05) is 29.3 Å². The number of nitro groups is 1. The maximum absolute atomic E-state index is 12.3. The van der Waals surface area contributed by atoms with E-state index in [0.29, 0.717) is 27.2 Å². The van der Waals surface area contributed by atoms with E-state index < -0.39 is 4.92 Å². The number of amidine groups is 1. The van der Waals surface area contributed by atoms with Crippen LogP contribution in [0.5, 0.6) is 0 Å². The second-order valence-electron chi connectivity index (χ2n) is 6.44. The molecule has 1 N–H and O–H groups in total. The molecule has 0 aliphatic carbocycles. The molecule has 1 saturated heterocycles. The number of furan rings is 1. The average molecular weight is 440 g/mol. The van der Waals surface area contributed by atoms with Gasteiger partial charge in [0, 0.05) is 17.7 Å². The highest BCUT2D eigenvalue weighted by Crippen LogP contribution is 2.33. The van der Waals surface area contributed by atoms with Gasteiger partial charge in [0.2, 0.25) is 0 Å². The first-order valence-electron chi connectivity index (χ1n) is 8.79. The van der Waals surface area contributed by atoms with Crippen molar-refractivity contribution in [2.75, 3.05) is 0 Å². The third-order valence-electron chi connectivity index (χ3n) is 4.24. The Bertz CT molecular complexity index is 1220. The van der Waals surface area contributed by atoms with Gasteiger partial charge in [0.1, 0.15) is 16.5 Å². The zero-order chi connectivity index (χ0) is 21.3. The summed E-state index contributed by atoms with van der Waals surface area (Å²) < 4.78 is 5.75. The second kappa shape index (κ2) is 8.17. The Morgan fingerprint density at radius 2 is 1.93 bits per heavy atom. The van der Waals surface area contributed by atoms with E-state index in [1.165, 1.54) is 23.9 Å². The molecule has 0 radical (unpaired) electrons. The van der Waals surface area contributed by atoms with Crippen LogP contribution in [0, 0.1) is 17.0 Å². The summed E-state index contributed by atoms with van der Waals surface area (Å²) in [5.74, 6) is 0.598. The van der Waals surface area contributed by atoms with Crippen LogP contribution in [0.15, 0.2) is 68.9 Å². The first-order chi connectivity index (χ1) is 14.4. The van der Waals surface area contributed by atoms with Crippen molar-refractivity contribution in [2.24, 2.45) is 4.99 Å². The van der Waals surface area contributed by atoms with Crippen molar-refractivity contribution in [3.63, 3.8) is 0 Å². The number of thioether (sulfide) groups is 1. The SMILES string of the molecule is Cc1ccc(N=C2NC(=O)/C(=C\c3ccc(-c4ccc(Cl)c([N+](=O)[O-])c4)o3)S2)cc1. The number of nitrogens with zero attached hydrogens (tertiary/aromatic N) is 2. The predicted molar refractivity (Wildman–Crippen MR) is 118 cm³/mol. The summed E-state index contributed by atoms with van der Waals surface area (Å²) in [5, 5.41) is 14.3. The maximum atomic E-state index is 12.3. The lowest BCUT2D eigenvalue weighted by Gasteiger charge is -1.99. The molecule has 0 unspecified atom stereocenters. The summed E-state index contributed by atoms with van der Waals surface area (Å²) in [7, 11) is 0. The summed E-state index contributed by atoms with van der Waals surface area (Å²) in [4.78, 5) is 27.6. The number of hydrogen-bond donors (Lipinski definition) is 1. The number of aliphatic imine (C=N–C) groups is 1. The van der Waals surface area contributed by atoms with Crippen molar-refractivity contribution in [1.82, 2.24) is 5.32 Å².